The van der Waals surface area contributed by atoms with Gasteiger partial charge in [0.25, 0.3) is 10.1 Å². The van der Waals surface area contributed by atoms with Crippen LogP contribution in [0.3, 0.4) is 0 Å². The van der Waals surface area contributed by atoms with E-state index in [4.69, 9.17) is 4.55 Å². The summed E-state index contributed by atoms with van der Waals surface area (Å²) in [6, 6.07) is 10.9. The third kappa shape index (κ3) is 3.08. The summed E-state index contributed by atoms with van der Waals surface area (Å²) < 4.78 is 33.5. The Morgan fingerprint density at radius 1 is 1.08 bits per heavy atom. The second kappa shape index (κ2) is 6.78. The Morgan fingerprint density at radius 2 is 1.77 bits per heavy atom. The fourth-order valence-corrected chi connectivity index (χ4v) is 5.09. The average Bonchev–Trinajstić information content (AvgIpc) is 2.82. The summed E-state index contributed by atoms with van der Waals surface area (Å²) in [6.45, 7) is 9.33. The van der Waals surface area contributed by atoms with Crippen molar-refractivity contribution in [1.82, 2.24) is 0 Å². The number of nitrogens with zero attached hydrogens (tertiary/aromatic N) is 1. The maximum atomic E-state index is 11.1. The molecule has 0 atom stereocenters. The summed E-state index contributed by atoms with van der Waals surface area (Å²) in [7, 11) is -3.93. The second-order valence-corrected chi connectivity index (χ2v) is 8.92. The average molecular weight is 375 g/mol. The maximum Gasteiger partial charge on any atom is 0.265 e. The molecule has 0 unspecified atom stereocenters. The number of hydrogen-bond donors (Lipinski definition) is 1. The zero-order valence-electron chi connectivity index (χ0n) is 16.0. The van der Waals surface area contributed by atoms with E-state index in [1.807, 2.05) is 0 Å². The van der Waals surface area contributed by atoms with Crippen LogP contribution < -0.4 is 0 Å². The summed E-state index contributed by atoms with van der Waals surface area (Å²) in [6.07, 6.45) is 2.42. The number of fused-ring (bicyclic) bond motifs is 3. The van der Waals surface area contributed by atoms with Crippen LogP contribution in [0.5, 0.6) is 0 Å². The van der Waals surface area contributed by atoms with Gasteiger partial charge < -0.3 is 0 Å². The molecule has 140 valence electrons. The molecule has 0 spiro atoms. The lowest BCUT2D eigenvalue weighted by atomic mass is 9.72. The lowest BCUT2D eigenvalue weighted by molar-refractivity contribution is -0.438. The normalized spacial score (nSPS) is 16.3. The number of rotatable bonds is 6. The van der Waals surface area contributed by atoms with E-state index in [0.717, 1.165) is 12.8 Å². The fraction of sp³-hybridized carbons (Fsp3) is 0.476. The minimum absolute atomic E-state index is 0.0256. The van der Waals surface area contributed by atoms with Crippen molar-refractivity contribution in [3.05, 3.63) is 41.5 Å². The van der Waals surface area contributed by atoms with Crippen LogP contribution in [0.2, 0.25) is 0 Å². The Morgan fingerprint density at radius 3 is 2.38 bits per heavy atom. The van der Waals surface area contributed by atoms with Crippen LogP contribution >= 0.6 is 0 Å². The first-order chi connectivity index (χ1) is 12.2. The molecule has 0 saturated heterocycles. The quantitative estimate of drug-likeness (QED) is 0.594. The first kappa shape index (κ1) is 19.1. The van der Waals surface area contributed by atoms with Gasteiger partial charge in [-0.3, -0.25) is 4.55 Å². The molecule has 0 radical (unpaired) electrons. The molecule has 0 bridgehead atoms. The third-order valence-electron chi connectivity index (χ3n) is 6.01. The highest BCUT2D eigenvalue weighted by Crippen LogP contribution is 2.48. The fourth-order valence-electron chi connectivity index (χ4n) is 4.59. The zero-order valence-corrected chi connectivity index (χ0v) is 16.9. The summed E-state index contributed by atoms with van der Waals surface area (Å²) in [4.78, 5) is 0. The van der Waals surface area contributed by atoms with Gasteiger partial charge in [-0.25, -0.2) is 0 Å². The van der Waals surface area contributed by atoms with Crippen molar-refractivity contribution < 1.29 is 17.5 Å². The standard InChI is InChI=1S/C21H27NO3S/c1-5-21(6-2)16(4)22(12-7-13-26(23,24)25)19-11-9-17-14-15(3)8-10-18(17)20(19)21/h8-11,14H,5-7,12-13H2,1-4H3/p+1. The lowest BCUT2D eigenvalue weighted by Crippen LogP contribution is -2.32. The van der Waals surface area contributed by atoms with E-state index in [2.05, 4.69) is 62.6 Å². The van der Waals surface area contributed by atoms with Gasteiger partial charge >= 0.3 is 0 Å². The minimum atomic E-state index is -3.93. The Balaban J connectivity index is 2.16. The van der Waals surface area contributed by atoms with Crippen LogP contribution in [0, 0.1) is 6.92 Å². The Kier molecular flexibility index (Phi) is 4.97. The van der Waals surface area contributed by atoms with E-state index in [1.165, 1.54) is 33.3 Å². The second-order valence-electron chi connectivity index (χ2n) is 7.35. The number of aryl methyl sites for hydroxylation is 1. The molecule has 26 heavy (non-hydrogen) atoms. The number of hydrogen-bond acceptors (Lipinski definition) is 2. The first-order valence-corrected chi connectivity index (χ1v) is 10.9. The highest BCUT2D eigenvalue weighted by molar-refractivity contribution is 7.85. The molecule has 1 heterocycles. The molecule has 5 heteroatoms. The Labute approximate surface area is 156 Å². The van der Waals surface area contributed by atoms with Crippen molar-refractivity contribution >= 4 is 32.3 Å². The molecule has 0 fully saturated rings. The Hall–Kier alpha value is -1.72. The van der Waals surface area contributed by atoms with Gasteiger partial charge in [-0.15, -0.1) is 0 Å². The van der Waals surface area contributed by atoms with Gasteiger partial charge in [0, 0.05) is 25.0 Å². The molecule has 2 aromatic rings. The highest BCUT2D eigenvalue weighted by atomic mass is 32.2. The van der Waals surface area contributed by atoms with Crippen molar-refractivity contribution in [2.75, 3.05) is 12.3 Å². The van der Waals surface area contributed by atoms with Crippen molar-refractivity contribution in [2.24, 2.45) is 0 Å². The molecule has 0 aliphatic carbocycles. The van der Waals surface area contributed by atoms with Crippen molar-refractivity contribution in [3.8, 4) is 0 Å². The molecule has 1 aliphatic rings. The van der Waals surface area contributed by atoms with Crippen LogP contribution in [0.4, 0.5) is 5.69 Å². The molecule has 3 rings (SSSR count). The van der Waals surface area contributed by atoms with Crippen LogP contribution in [0.15, 0.2) is 30.3 Å². The zero-order chi connectivity index (χ0) is 19.1. The van der Waals surface area contributed by atoms with E-state index < -0.39 is 10.1 Å². The predicted molar refractivity (Wildman–Crippen MR) is 107 cm³/mol. The molecule has 1 aliphatic heterocycles. The van der Waals surface area contributed by atoms with Crippen LogP contribution in [0.1, 0.15) is 51.2 Å². The predicted octanol–water partition coefficient (Wildman–Crippen LogP) is 4.60. The SMILES string of the molecule is CCC1(CC)C(C)=[N+](CCCS(=O)(=O)O)c2ccc3cc(C)ccc3c21. The first-order valence-electron chi connectivity index (χ1n) is 9.34. The van der Waals surface area contributed by atoms with Crippen molar-refractivity contribution in [1.29, 1.82) is 0 Å². The third-order valence-corrected chi connectivity index (χ3v) is 6.82. The summed E-state index contributed by atoms with van der Waals surface area (Å²) in [5, 5.41) is 2.54. The number of benzene rings is 2. The van der Waals surface area contributed by atoms with E-state index >= 15 is 0 Å². The van der Waals surface area contributed by atoms with Gasteiger partial charge in [0.2, 0.25) is 5.69 Å². The van der Waals surface area contributed by atoms with Gasteiger partial charge in [0.15, 0.2) is 5.71 Å². The molecule has 2 aromatic carbocycles. The van der Waals surface area contributed by atoms with Crippen molar-refractivity contribution in [3.63, 3.8) is 0 Å². The topological polar surface area (TPSA) is 57.4 Å². The molecule has 4 nitrogen and oxygen atoms in total. The van der Waals surface area contributed by atoms with E-state index in [1.54, 1.807) is 0 Å². The molecule has 0 amide bonds. The van der Waals surface area contributed by atoms with E-state index in [0.29, 0.717) is 13.0 Å². The summed E-state index contributed by atoms with van der Waals surface area (Å²) in [5.74, 6) is -0.204. The van der Waals surface area contributed by atoms with E-state index in [-0.39, 0.29) is 11.2 Å². The lowest BCUT2D eigenvalue weighted by Gasteiger charge is -2.25. The molecule has 0 aromatic heterocycles. The van der Waals surface area contributed by atoms with Crippen LogP contribution in [-0.2, 0) is 15.5 Å². The molecular weight excluding hydrogens is 346 g/mol. The van der Waals surface area contributed by atoms with Crippen molar-refractivity contribution in [2.45, 2.75) is 52.4 Å². The maximum absolute atomic E-state index is 11.1. The Bertz CT molecular complexity index is 986. The molecular formula is C21H28NO3S+. The van der Waals surface area contributed by atoms with Gasteiger partial charge in [-0.05, 0) is 36.6 Å². The minimum Gasteiger partial charge on any atom is -0.286 e. The van der Waals surface area contributed by atoms with Gasteiger partial charge in [-0.2, -0.15) is 13.0 Å². The smallest absolute Gasteiger partial charge is 0.265 e. The largest absolute Gasteiger partial charge is 0.286 e. The highest BCUT2D eigenvalue weighted by Gasteiger charge is 2.48. The monoisotopic (exact) mass is 374 g/mol. The van der Waals surface area contributed by atoms with Gasteiger partial charge in [0.1, 0.15) is 6.54 Å². The van der Waals surface area contributed by atoms with Gasteiger partial charge in [0.05, 0.1) is 11.2 Å². The van der Waals surface area contributed by atoms with Crippen LogP contribution in [0.25, 0.3) is 10.8 Å². The molecule has 1 N–H and O–H groups in total. The summed E-state index contributed by atoms with van der Waals surface area (Å²) >= 11 is 0. The van der Waals surface area contributed by atoms with Gasteiger partial charge in [-0.1, -0.05) is 37.6 Å². The summed E-state index contributed by atoms with van der Waals surface area (Å²) in [5.41, 5.74) is 5.05. The molecule has 0 saturated carbocycles. The van der Waals surface area contributed by atoms with Crippen LogP contribution in [-0.4, -0.2) is 35.6 Å². The van der Waals surface area contributed by atoms with E-state index in [9.17, 15) is 8.42 Å².